The summed E-state index contributed by atoms with van der Waals surface area (Å²) < 4.78 is 23.7. The molecule has 0 spiro atoms. The fourth-order valence-corrected chi connectivity index (χ4v) is 2.79. The quantitative estimate of drug-likeness (QED) is 0.631. The van der Waals surface area contributed by atoms with Crippen molar-refractivity contribution in [1.29, 1.82) is 0 Å². The van der Waals surface area contributed by atoms with Crippen LogP contribution in [0.2, 0.25) is 0 Å². The lowest BCUT2D eigenvalue weighted by molar-refractivity contribution is -0.144. The fourth-order valence-electron chi connectivity index (χ4n) is 2.79. The number of hydrogen-bond donors (Lipinski definition) is 1. The summed E-state index contributed by atoms with van der Waals surface area (Å²) in [7, 11) is 0. The average molecular weight is 372 g/mol. The molecule has 0 radical (unpaired) electrons. The molecule has 0 amide bonds. The Morgan fingerprint density at radius 1 is 1.26 bits per heavy atom. The van der Waals surface area contributed by atoms with Gasteiger partial charge in [-0.05, 0) is 43.5 Å². The first-order valence-corrected chi connectivity index (χ1v) is 8.79. The number of carbonyl (C=O) groups is 1. The van der Waals surface area contributed by atoms with Gasteiger partial charge in [0.2, 0.25) is 0 Å². The Balaban J connectivity index is 2.01. The van der Waals surface area contributed by atoms with Crippen LogP contribution < -0.4 is 5.32 Å². The number of aromatic nitrogens is 3. The normalized spacial score (nSPS) is 12.3. The van der Waals surface area contributed by atoms with Crippen molar-refractivity contribution in [3.63, 3.8) is 0 Å². The predicted octanol–water partition coefficient (Wildman–Crippen LogP) is 3.81. The van der Waals surface area contributed by atoms with Crippen molar-refractivity contribution >= 4 is 22.9 Å². The van der Waals surface area contributed by atoms with Gasteiger partial charge in [-0.25, -0.2) is 14.2 Å². The molecule has 142 valence electrons. The Morgan fingerprint density at radius 3 is 2.67 bits per heavy atom. The molecule has 0 saturated carbocycles. The van der Waals surface area contributed by atoms with E-state index in [0.717, 1.165) is 0 Å². The second-order valence-electron chi connectivity index (χ2n) is 6.52. The lowest BCUT2D eigenvalue weighted by atomic mass is 10.0. The number of fused-ring (bicyclic) bond motifs is 1. The highest BCUT2D eigenvalue weighted by molar-refractivity contribution is 5.98. The number of anilines is 1. The van der Waals surface area contributed by atoms with Crippen molar-refractivity contribution in [2.75, 3.05) is 11.9 Å². The summed E-state index contributed by atoms with van der Waals surface area (Å²) >= 11 is 0. The van der Waals surface area contributed by atoms with Crippen LogP contribution in [-0.4, -0.2) is 33.7 Å². The van der Waals surface area contributed by atoms with Gasteiger partial charge in [-0.15, -0.1) is 0 Å². The molecule has 2 aromatic heterocycles. The minimum Gasteiger partial charge on any atom is -0.464 e. The van der Waals surface area contributed by atoms with E-state index in [1.54, 1.807) is 19.1 Å². The van der Waals surface area contributed by atoms with Crippen molar-refractivity contribution < 1.29 is 18.4 Å². The van der Waals surface area contributed by atoms with Crippen LogP contribution in [0.15, 0.2) is 35.1 Å². The molecular weight excluding hydrogens is 351 g/mol. The van der Waals surface area contributed by atoms with Crippen molar-refractivity contribution in [2.45, 2.75) is 33.2 Å². The van der Waals surface area contributed by atoms with Crippen LogP contribution in [0.1, 0.15) is 27.2 Å². The van der Waals surface area contributed by atoms with Crippen molar-refractivity contribution in [3.8, 4) is 11.3 Å². The molecule has 27 heavy (non-hydrogen) atoms. The van der Waals surface area contributed by atoms with Gasteiger partial charge in [0.05, 0.1) is 6.61 Å². The van der Waals surface area contributed by atoms with Gasteiger partial charge in [-0.1, -0.05) is 19.0 Å². The van der Waals surface area contributed by atoms with E-state index in [2.05, 4.69) is 20.4 Å². The van der Waals surface area contributed by atoms with Gasteiger partial charge in [0, 0.05) is 5.56 Å². The number of nitrogens with one attached hydrogen (secondary N) is 1. The standard InChI is InChI=1S/C19H21FN4O3/c1-4-26-19(25)14(9-11(2)3)23-17-15-16(12-5-7-13(20)8-6-12)24-27-18(15)22-10-21-17/h5-8,10-11,14H,4,9H2,1-3H3,(H,21,22,23)/t14-/m1/s1. The minimum absolute atomic E-state index is 0.267. The third-order valence-electron chi connectivity index (χ3n) is 3.98. The molecule has 0 unspecified atom stereocenters. The summed E-state index contributed by atoms with van der Waals surface area (Å²) in [5, 5.41) is 7.72. The predicted molar refractivity (Wildman–Crippen MR) is 98.5 cm³/mol. The lowest BCUT2D eigenvalue weighted by Gasteiger charge is -2.19. The van der Waals surface area contributed by atoms with Crippen LogP contribution in [0.4, 0.5) is 10.2 Å². The van der Waals surface area contributed by atoms with Gasteiger partial charge in [0.1, 0.15) is 35.1 Å². The molecule has 0 fully saturated rings. The van der Waals surface area contributed by atoms with E-state index in [9.17, 15) is 9.18 Å². The smallest absolute Gasteiger partial charge is 0.328 e. The summed E-state index contributed by atoms with van der Waals surface area (Å²) in [6, 6.07) is 5.31. The molecule has 3 aromatic rings. The van der Waals surface area contributed by atoms with Crippen LogP contribution in [-0.2, 0) is 9.53 Å². The highest BCUT2D eigenvalue weighted by Gasteiger charge is 2.24. The fraction of sp³-hybridized carbons (Fsp3) is 0.368. The first-order chi connectivity index (χ1) is 13.0. The van der Waals surface area contributed by atoms with Crippen LogP contribution in [0.25, 0.3) is 22.4 Å². The highest BCUT2D eigenvalue weighted by Crippen LogP contribution is 2.32. The minimum atomic E-state index is -0.570. The molecule has 7 nitrogen and oxygen atoms in total. The molecule has 1 atom stereocenters. The number of carbonyl (C=O) groups excluding carboxylic acids is 1. The molecule has 0 aliphatic rings. The molecule has 0 saturated heterocycles. The zero-order valence-electron chi connectivity index (χ0n) is 15.4. The summed E-state index contributed by atoms with van der Waals surface area (Å²) in [5.41, 5.74) is 1.41. The summed E-state index contributed by atoms with van der Waals surface area (Å²) in [4.78, 5) is 20.7. The largest absolute Gasteiger partial charge is 0.464 e. The Kier molecular flexibility index (Phi) is 5.63. The van der Waals surface area contributed by atoms with Crippen molar-refractivity contribution in [2.24, 2.45) is 5.92 Å². The van der Waals surface area contributed by atoms with Gasteiger partial charge >= 0.3 is 5.97 Å². The van der Waals surface area contributed by atoms with Crippen molar-refractivity contribution in [3.05, 3.63) is 36.4 Å². The third kappa shape index (κ3) is 4.21. The number of esters is 1. The molecule has 0 aliphatic carbocycles. The maximum atomic E-state index is 13.2. The number of nitrogens with zero attached hydrogens (tertiary/aromatic N) is 3. The van der Waals surface area contributed by atoms with Crippen LogP contribution in [0, 0.1) is 11.7 Å². The molecule has 0 bridgehead atoms. The second kappa shape index (κ2) is 8.11. The Morgan fingerprint density at radius 2 is 2.00 bits per heavy atom. The molecule has 3 rings (SSSR count). The van der Waals surface area contributed by atoms with E-state index in [0.29, 0.717) is 35.5 Å². The van der Waals surface area contributed by atoms with Gasteiger partial charge in [0.25, 0.3) is 5.71 Å². The molecule has 0 aliphatic heterocycles. The van der Waals surface area contributed by atoms with E-state index in [4.69, 9.17) is 9.26 Å². The summed E-state index contributed by atoms with van der Waals surface area (Å²) in [6.45, 7) is 6.10. The summed E-state index contributed by atoms with van der Waals surface area (Å²) in [6.07, 6.45) is 1.91. The van der Waals surface area contributed by atoms with E-state index < -0.39 is 6.04 Å². The number of hydrogen-bond acceptors (Lipinski definition) is 7. The first-order valence-electron chi connectivity index (χ1n) is 8.79. The Bertz CT molecular complexity index is 924. The monoisotopic (exact) mass is 372 g/mol. The SMILES string of the molecule is CCOC(=O)[C@@H](CC(C)C)Nc1ncnc2onc(-c3ccc(F)cc3)c12. The van der Waals surface area contributed by atoms with Gasteiger partial charge < -0.3 is 14.6 Å². The Hall–Kier alpha value is -3.03. The van der Waals surface area contributed by atoms with E-state index >= 15 is 0 Å². The molecule has 1 N–H and O–H groups in total. The maximum absolute atomic E-state index is 13.2. The topological polar surface area (TPSA) is 90.1 Å². The van der Waals surface area contributed by atoms with E-state index in [1.807, 2.05) is 13.8 Å². The second-order valence-corrected chi connectivity index (χ2v) is 6.52. The van der Waals surface area contributed by atoms with Crippen molar-refractivity contribution in [1.82, 2.24) is 15.1 Å². The molecule has 2 heterocycles. The van der Waals surface area contributed by atoms with E-state index in [1.165, 1.54) is 18.5 Å². The zero-order chi connectivity index (χ0) is 19.4. The van der Waals surface area contributed by atoms with Gasteiger partial charge in [-0.2, -0.15) is 4.98 Å². The van der Waals surface area contributed by atoms with Crippen LogP contribution in [0.3, 0.4) is 0 Å². The zero-order valence-corrected chi connectivity index (χ0v) is 15.4. The summed E-state index contributed by atoms with van der Waals surface area (Å²) in [5.74, 6) is -0.0132. The van der Waals surface area contributed by atoms with Gasteiger partial charge in [0.15, 0.2) is 0 Å². The number of halogens is 1. The lowest BCUT2D eigenvalue weighted by Crippen LogP contribution is -2.33. The molecule has 1 aromatic carbocycles. The van der Waals surface area contributed by atoms with E-state index in [-0.39, 0.29) is 23.4 Å². The number of benzene rings is 1. The Labute approximate surface area is 155 Å². The van der Waals surface area contributed by atoms with Crippen LogP contribution in [0.5, 0.6) is 0 Å². The van der Waals surface area contributed by atoms with Crippen LogP contribution >= 0.6 is 0 Å². The molecular formula is C19H21FN4O3. The third-order valence-corrected chi connectivity index (χ3v) is 3.98. The number of rotatable bonds is 7. The molecule has 8 heteroatoms. The number of ether oxygens (including phenoxy) is 1. The highest BCUT2D eigenvalue weighted by atomic mass is 19.1. The van der Waals surface area contributed by atoms with Gasteiger partial charge in [-0.3, -0.25) is 0 Å². The average Bonchev–Trinajstić information content (AvgIpc) is 3.07. The maximum Gasteiger partial charge on any atom is 0.328 e. The first kappa shape index (κ1) is 18.8.